The van der Waals surface area contributed by atoms with Gasteiger partial charge in [-0.3, -0.25) is 0 Å². The molecule has 1 aliphatic heterocycles. The average Bonchev–Trinajstić information content (AvgIpc) is 2.21. The Labute approximate surface area is 81.2 Å². The van der Waals surface area contributed by atoms with Crippen molar-refractivity contribution in [3.05, 3.63) is 0 Å². The fourth-order valence-corrected chi connectivity index (χ4v) is 1.55. The van der Waals surface area contributed by atoms with Gasteiger partial charge in [-0.2, -0.15) is 5.53 Å². The minimum absolute atomic E-state index is 1.09. The molecule has 0 aromatic carbocycles. The minimum atomic E-state index is 1.09. The molecule has 0 saturated carbocycles. The molecule has 0 aromatic rings. The van der Waals surface area contributed by atoms with Gasteiger partial charge < -0.3 is 4.90 Å². The smallest absolute Gasteiger partial charge is 0.0272 e. The van der Waals surface area contributed by atoms with E-state index in [1.165, 1.54) is 6.42 Å². The van der Waals surface area contributed by atoms with Crippen LogP contribution in [0.3, 0.4) is 0 Å². The Kier molecular flexibility index (Phi) is 5.31. The molecule has 0 spiro atoms. The SMILES string of the molecule is CCN(CC)CCN1CCCNN1. The molecule has 0 unspecified atom stereocenters. The van der Waals surface area contributed by atoms with Crippen molar-refractivity contribution in [1.82, 2.24) is 20.9 Å². The fraction of sp³-hybridized carbons (Fsp3) is 1.00. The quantitative estimate of drug-likeness (QED) is 0.635. The lowest BCUT2D eigenvalue weighted by Gasteiger charge is -2.30. The first-order valence-electron chi connectivity index (χ1n) is 5.32. The lowest BCUT2D eigenvalue weighted by molar-refractivity contribution is 0.101. The standard InChI is InChI=1S/C9H22N4/c1-3-12(4-2)8-9-13-7-5-6-10-11-13/h10-11H,3-9H2,1-2H3. The predicted molar refractivity (Wildman–Crippen MR) is 55.1 cm³/mol. The van der Waals surface area contributed by atoms with Crippen molar-refractivity contribution >= 4 is 0 Å². The molecule has 1 saturated heterocycles. The van der Waals surface area contributed by atoms with Gasteiger partial charge in [-0.25, -0.2) is 10.4 Å². The summed E-state index contributed by atoms with van der Waals surface area (Å²) >= 11 is 0. The first-order chi connectivity index (χ1) is 6.36. The maximum atomic E-state index is 3.18. The van der Waals surface area contributed by atoms with Crippen LogP contribution in [0.2, 0.25) is 0 Å². The van der Waals surface area contributed by atoms with Gasteiger partial charge in [0.15, 0.2) is 0 Å². The van der Waals surface area contributed by atoms with Crippen LogP contribution in [0.25, 0.3) is 0 Å². The summed E-state index contributed by atoms with van der Waals surface area (Å²) in [7, 11) is 0. The highest BCUT2D eigenvalue weighted by molar-refractivity contribution is 4.61. The van der Waals surface area contributed by atoms with Gasteiger partial charge in [-0.15, -0.1) is 0 Å². The Bertz CT molecular complexity index is 119. The Morgan fingerprint density at radius 3 is 2.62 bits per heavy atom. The lowest BCUT2D eigenvalue weighted by Crippen LogP contribution is -2.54. The molecule has 1 heterocycles. The van der Waals surface area contributed by atoms with E-state index < -0.39 is 0 Å². The molecular formula is C9H22N4. The van der Waals surface area contributed by atoms with Crippen molar-refractivity contribution in [2.24, 2.45) is 0 Å². The molecule has 4 heteroatoms. The van der Waals surface area contributed by atoms with E-state index in [4.69, 9.17) is 0 Å². The maximum Gasteiger partial charge on any atom is 0.0272 e. The van der Waals surface area contributed by atoms with Crippen molar-refractivity contribution in [3.63, 3.8) is 0 Å². The summed E-state index contributed by atoms with van der Waals surface area (Å²) in [5.74, 6) is 0. The Hall–Kier alpha value is -0.160. The zero-order valence-electron chi connectivity index (χ0n) is 8.84. The summed E-state index contributed by atoms with van der Waals surface area (Å²) in [5, 5.41) is 2.25. The molecule has 2 N–H and O–H groups in total. The molecular weight excluding hydrogens is 164 g/mol. The van der Waals surface area contributed by atoms with Gasteiger partial charge in [0.1, 0.15) is 0 Å². The number of hydrogen-bond donors (Lipinski definition) is 2. The molecule has 0 bridgehead atoms. The number of hydrazine groups is 2. The summed E-state index contributed by atoms with van der Waals surface area (Å²) in [6.07, 6.45) is 1.24. The van der Waals surface area contributed by atoms with Crippen molar-refractivity contribution in [2.45, 2.75) is 20.3 Å². The first kappa shape index (κ1) is 10.9. The third-order valence-electron chi connectivity index (χ3n) is 2.55. The van der Waals surface area contributed by atoms with E-state index in [-0.39, 0.29) is 0 Å². The summed E-state index contributed by atoms with van der Waals surface area (Å²) in [6, 6.07) is 0. The summed E-state index contributed by atoms with van der Waals surface area (Å²) < 4.78 is 0. The molecule has 0 aliphatic carbocycles. The third-order valence-corrected chi connectivity index (χ3v) is 2.55. The Morgan fingerprint density at radius 2 is 2.08 bits per heavy atom. The number of nitrogens with zero attached hydrogens (tertiary/aromatic N) is 2. The summed E-state index contributed by atoms with van der Waals surface area (Å²) in [5.41, 5.74) is 6.33. The first-order valence-corrected chi connectivity index (χ1v) is 5.32. The van der Waals surface area contributed by atoms with Crippen LogP contribution in [0, 0.1) is 0 Å². The topological polar surface area (TPSA) is 30.5 Å². The van der Waals surface area contributed by atoms with Crippen LogP contribution in [0.15, 0.2) is 0 Å². The Morgan fingerprint density at radius 1 is 1.31 bits per heavy atom. The molecule has 0 aromatic heterocycles. The number of likely N-dealkylation sites (N-methyl/N-ethyl adjacent to an activating group) is 1. The van der Waals surface area contributed by atoms with Crippen LogP contribution < -0.4 is 11.0 Å². The van der Waals surface area contributed by atoms with Crippen LogP contribution in [0.4, 0.5) is 0 Å². The number of rotatable bonds is 5. The van der Waals surface area contributed by atoms with Crippen LogP contribution in [-0.4, -0.2) is 49.2 Å². The van der Waals surface area contributed by atoms with Gasteiger partial charge in [0, 0.05) is 26.2 Å². The Balaban J connectivity index is 2.09. The van der Waals surface area contributed by atoms with Crippen molar-refractivity contribution < 1.29 is 0 Å². The summed E-state index contributed by atoms with van der Waals surface area (Å²) in [4.78, 5) is 2.44. The molecule has 1 aliphatic rings. The zero-order chi connectivity index (χ0) is 9.52. The number of hydrogen-bond acceptors (Lipinski definition) is 4. The van der Waals surface area contributed by atoms with Gasteiger partial charge in [0.2, 0.25) is 0 Å². The monoisotopic (exact) mass is 186 g/mol. The van der Waals surface area contributed by atoms with Gasteiger partial charge in [0.25, 0.3) is 0 Å². The van der Waals surface area contributed by atoms with E-state index in [0.29, 0.717) is 0 Å². The van der Waals surface area contributed by atoms with E-state index in [2.05, 4.69) is 34.7 Å². The molecule has 1 fully saturated rings. The second-order valence-electron chi connectivity index (χ2n) is 3.41. The molecule has 0 amide bonds. The van der Waals surface area contributed by atoms with Gasteiger partial charge in [0.05, 0.1) is 0 Å². The summed E-state index contributed by atoms with van der Waals surface area (Å²) in [6.45, 7) is 11.2. The third kappa shape index (κ3) is 4.04. The van der Waals surface area contributed by atoms with Crippen molar-refractivity contribution in [1.29, 1.82) is 0 Å². The van der Waals surface area contributed by atoms with E-state index >= 15 is 0 Å². The average molecular weight is 186 g/mol. The van der Waals surface area contributed by atoms with Gasteiger partial charge >= 0.3 is 0 Å². The molecule has 4 nitrogen and oxygen atoms in total. The largest absolute Gasteiger partial charge is 0.303 e. The maximum absolute atomic E-state index is 3.18. The highest BCUT2D eigenvalue weighted by Gasteiger charge is 2.09. The highest BCUT2D eigenvalue weighted by Crippen LogP contribution is 1.93. The second kappa shape index (κ2) is 6.32. The van der Waals surface area contributed by atoms with Gasteiger partial charge in [-0.05, 0) is 19.5 Å². The molecule has 0 radical (unpaired) electrons. The molecule has 13 heavy (non-hydrogen) atoms. The fourth-order valence-electron chi connectivity index (χ4n) is 1.55. The highest BCUT2D eigenvalue weighted by atomic mass is 15.7. The van der Waals surface area contributed by atoms with E-state index in [0.717, 1.165) is 39.3 Å². The minimum Gasteiger partial charge on any atom is -0.303 e. The van der Waals surface area contributed by atoms with Crippen LogP contribution in [0.1, 0.15) is 20.3 Å². The van der Waals surface area contributed by atoms with Crippen LogP contribution in [-0.2, 0) is 0 Å². The van der Waals surface area contributed by atoms with Crippen LogP contribution in [0.5, 0.6) is 0 Å². The van der Waals surface area contributed by atoms with E-state index in [1.807, 2.05) is 0 Å². The molecule has 1 rings (SSSR count). The molecule has 78 valence electrons. The predicted octanol–water partition coefficient (Wildman–Crippen LogP) is 0.0431. The van der Waals surface area contributed by atoms with Crippen LogP contribution >= 0.6 is 0 Å². The molecule has 0 atom stereocenters. The van der Waals surface area contributed by atoms with Gasteiger partial charge in [-0.1, -0.05) is 13.8 Å². The normalized spacial score (nSPS) is 19.6. The number of nitrogens with one attached hydrogen (secondary N) is 2. The zero-order valence-corrected chi connectivity index (χ0v) is 8.84. The van der Waals surface area contributed by atoms with Crippen molar-refractivity contribution in [3.8, 4) is 0 Å². The van der Waals surface area contributed by atoms with E-state index in [9.17, 15) is 0 Å². The second-order valence-corrected chi connectivity index (χ2v) is 3.41. The van der Waals surface area contributed by atoms with Crippen molar-refractivity contribution in [2.75, 3.05) is 39.3 Å². The lowest BCUT2D eigenvalue weighted by atomic mass is 10.4. The van der Waals surface area contributed by atoms with E-state index in [1.54, 1.807) is 0 Å².